The molecule has 0 spiro atoms. The minimum Gasteiger partial charge on any atom is -0.350 e. The minimum atomic E-state index is -0.631. The summed E-state index contributed by atoms with van der Waals surface area (Å²) in [5.74, 6) is -0.462. The van der Waals surface area contributed by atoms with E-state index in [-0.39, 0.29) is 6.54 Å². The first-order valence-electron chi connectivity index (χ1n) is 10.6. The van der Waals surface area contributed by atoms with Crippen LogP contribution >= 0.6 is 0 Å². The van der Waals surface area contributed by atoms with Gasteiger partial charge in [-0.3, -0.25) is 19.1 Å². The van der Waals surface area contributed by atoms with Gasteiger partial charge in [-0.2, -0.15) is 5.10 Å². The highest BCUT2D eigenvalue weighted by molar-refractivity contribution is 5.79. The number of fused-ring (bicyclic) bond motifs is 1. The van der Waals surface area contributed by atoms with Crippen molar-refractivity contribution in [2.75, 3.05) is 0 Å². The number of benzene rings is 2. The molecule has 34 heavy (non-hydrogen) atoms. The van der Waals surface area contributed by atoms with E-state index in [1.54, 1.807) is 41.3 Å². The second-order valence-electron chi connectivity index (χ2n) is 7.66. The van der Waals surface area contributed by atoms with E-state index in [4.69, 9.17) is 5.10 Å². The lowest BCUT2D eigenvalue weighted by Crippen LogP contribution is -2.40. The smallest absolute Gasteiger partial charge is 0.329 e. The third kappa shape index (κ3) is 4.14. The quantitative estimate of drug-likeness (QED) is 0.410. The van der Waals surface area contributed by atoms with Crippen molar-refractivity contribution < 1.29 is 4.79 Å². The van der Waals surface area contributed by atoms with Gasteiger partial charge in [-0.15, -0.1) is 0 Å². The third-order valence-electron chi connectivity index (χ3n) is 5.43. The van der Waals surface area contributed by atoms with Gasteiger partial charge in [0.25, 0.3) is 5.56 Å². The van der Waals surface area contributed by atoms with Gasteiger partial charge in [0, 0.05) is 36.3 Å². The molecule has 9 heteroatoms. The molecule has 5 aromatic rings. The number of carbonyl (C=O) groups is 1. The largest absolute Gasteiger partial charge is 0.350 e. The van der Waals surface area contributed by atoms with E-state index < -0.39 is 23.7 Å². The number of aromatic amines is 1. The maximum atomic E-state index is 12.7. The maximum Gasteiger partial charge on any atom is 0.329 e. The van der Waals surface area contributed by atoms with Gasteiger partial charge >= 0.3 is 5.69 Å². The Hall–Kier alpha value is -4.79. The monoisotopic (exact) mass is 452 g/mol. The summed E-state index contributed by atoms with van der Waals surface area (Å²) < 4.78 is 2.64. The van der Waals surface area contributed by atoms with Gasteiger partial charge in [0.2, 0.25) is 5.91 Å². The second kappa shape index (κ2) is 8.99. The average Bonchev–Trinajstić information content (AvgIpc) is 3.31. The van der Waals surface area contributed by atoms with Gasteiger partial charge in [-0.25, -0.2) is 9.48 Å². The van der Waals surface area contributed by atoms with Crippen LogP contribution in [-0.2, 0) is 17.9 Å². The van der Waals surface area contributed by atoms with Gasteiger partial charge in [-0.05, 0) is 36.4 Å². The van der Waals surface area contributed by atoms with E-state index in [0.717, 1.165) is 21.4 Å². The second-order valence-corrected chi connectivity index (χ2v) is 7.66. The van der Waals surface area contributed by atoms with Crippen molar-refractivity contribution in [3.63, 3.8) is 0 Å². The SMILES string of the molecule is O=C(Cn1c(=O)[nH]c2ccccc2c1=O)NCc1cn(-c2ccccc2)nc1-c1ccncc1. The van der Waals surface area contributed by atoms with Crippen LogP contribution in [0.1, 0.15) is 5.56 Å². The summed E-state index contributed by atoms with van der Waals surface area (Å²) in [6, 6.07) is 20.0. The Morgan fingerprint density at radius 2 is 1.68 bits per heavy atom. The number of amides is 1. The highest BCUT2D eigenvalue weighted by atomic mass is 16.2. The molecule has 2 aromatic carbocycles. The van der Waals surface area contributed by atoms with Crippen LogP contribution in [0, 0.1) is 0 Å². The van der Waals surface area contributed by atoms with E-state index >= 15 is 0 Å². The summed E-state index contributed by atoms with van der Waals surface area (Å²) in [6.07, 6.45) is 5.20. The van der Waals surface area contributed by atoms with E-state index in [1.807, 2.05) is 48.7 Å². The summed E-state index contributed by atoms with van der Waals surface area (Å²) >= 11 is 0. The minimum absolute atomic E-state index is 0.170. The predicted octanol–water partition coefficient (Wildman–Crippen LogP) is 2.25. The van der Waals surface area contributed by atoms with E-state index in [9.17, 15) is 14.4 Å². The first kappa shape index (κ1) is 21.1. The van der Waals surface area contributed by atoms with Crippen molar-refractivity contribution >= 4 is 16.8 Å². The molecule has 0 atom stereocenters. The lowest BCUT2D eigenvalue weighted by atomic mass is 10.1. The van der Waals surface area contributed by atoms with Crippen LogP contribution in [0.25, 0.3) is 27.8 Å². The van der Waals surface area contributed by atoms with Gasteiger partial charge in [0.05, 0.1) is 22.3 Å². The number of carbonyl (C=O) groups excluding carboxylic acids is 1. The zero-order valence-electron chi connectivity index (χ0n) is 18.0. The van der Waals surface area contributed by atoms with Crippen molar-refractivity contribution in [2.45, 2.75) is 13.1 Å². The molecule has 0 unspecified atom stereocenters. The van der Waals surface area contributed by atoms with Crippen LogP contribution in [-0.4, -0.2) is 30.2 Å². The summed E-state index contributed by atoms with van der Waals surface area (Å²) in [7, 11) is 0. The molecule has 1 amide bonds. The van der Waals surface area contributed by atoms with E-state index in [0.29, 0.717) is 16.6 Å². The topological polar surface area (TPSA) is 115 Å². The molecule has 0 saturated heterocycles. The summed E-state index contributed by atoms with van der Waals surface area (Å²) in [4.78, 5) is 44.5. The average molecular weight is 452 g/mol. The number of nitrogens with one attached hydrogen (secondary N) is 2. The van der Waals surface area contributed by atoms with Gasteiger partial charge < -0.3 is 10.3 Å². The molecule has 2 N–H and O–H groups in total. The van der Waals surface area contributed by atoms with Gasteiger partial charge in [-0.1, -0.05) is 30.3 Å². The summed E-state index contributed by atoms with van der Waals surface area (Å²) in [5.41, 5.74) is 2.51. The molecule has 9 nitrogen and oxygen atoms in total. The fourth-order valence-corrected chi connectivity index (χ4v) is 3.74. The van der Waals surface area contributed by atoms with Crippen molar-refractivity contribution in [1.29, 1.82) is 0 Å². The third-order valence-corrected chi connectivity index (χ3v) is 5.43. The van der Waals surface area contributed by atoms with Crippen LogP contribution in [0.15, 0.2) is 94.9 Å². The fourth-order valence-electron chi connectivity index (χ4n) is 3.74. The highest BCUT2D eigenvalue weighted by Crippen LogP contribution is 2.23. The number of aromatic nitrogens is 5. The summed E-state index contributed by atoms with van der Waals surface area (Å²) in [6.45, 7) is -0.222. The van der Waals surface area contributed by atoms with Gasteiger partial charge in [0.15, 0.2) is 0 Å². The molecule has 0 aliphatic carbocycles. The number of hydrogen-bond acceptors (Lipinski definition) is 5. The lowest BCUT2D eigenvalue weighted by Gasteiger charge is -2.08. The zero-order chi connectivity index (χ0) is 23.5. The molecule has 3 heterocycles. The van der Waals surface area contributed by atoms with Crippen molar-refractivity contribution in [1.82, 2.24) is 29.6 Å². The van der Waals surface area contributed by atoms with Crippen molar-refractivity contribution in [3.05, 3.63) is 112 Å². The molecule has 0 aliphatic heterocycles. The van der Waals surface area contributed by atoms with E-state index in [2.05, 4.69) is 15.3 Å². The Kier molecular flexibility index (Phi) is 5.57. The molecule has 0 radical (unpaired) electrons. The number of rotatable bonds is 6. The number of hydrogen-bond donors (Lipinski definition) is 2. The molecule has 0 fully saturated rings. The van der Waals surface area contributed by atoms with Crippen LogP contribution < -0.4 is 16.6 Å². The molecule has 0 aliphatic rings. The first-order valence-corrected chi connectivity index (χ1v) is 10.6. The van der Waals surface area contributed by atoms with Crippen molar-refractivity contribution in [3.8, 4) is 16.9 Å². The molecule has 0 saturated carbocycles. The van der Waals surface area contributed by atoms with Gasteiger partial charge in [0.1, 0.15) is 6.54 Å². The summed E-state index contributed by atoms with van der Waals surface area (Å²) in [5, 5.41) is 7.85. The van der Waals surface area contributed by atoms with Crippen molar-refractivity contribution in [2.24, 2.45) is 0 Å². The lowest BCUT2D eigenvalue weighted by molar-refractivity contribution is -0.121. The standard InChI is InChI=1S/C25H20N6O3/c32-22(16-30-24(33)20-8-4-5-9-21(20)28-25(30)34)27-14-18-15-31(19-6-2-1-3-7-19)29-23(18)17-10-12-26-13-11-17/h1-13,15H,14,16H2,(H,27,32)(H,28,34). The molecular formula is C25H20N6O3. The van der Waals surface area contributed by atoms with Crippen LogP contribution in [0.2, 0.25) is 0 Å². The zero-order valence-corrected chi connectivity index (χ0v) is 18.0. The Morgan fingerprint density at radius 3 is 2.47 bits per heavy atom. The highest BCUT2D eigenvalue weighted by Gasteiger charge is 2.15. The van der Waals surface area contributed by atoms with E-state index in [1.165, 1.54) is 0 Å². The Morgan fingerprint density at radius 1 is 0.941 bits per heavy atom. The predicted molar refractivity (Wildman–Crippen MR) is 127 cm³/mol. The molecular weight excluding hydrogens is 432 g/mol. The molecule has 5 rings (SSSR count). The molecule has 0 bridgehead atoms. The van der Waals surface area contributed by atoms with Crippen LogP contribution in [0.5, 0.6) is 0 Å². The fraction of sp³-hybridized carbons (Fsp3) is 0.0800. The normalized spacial score (nSPS) is 10.9. The van der Waals surface area contributed by atoms with Crippen LogP contribution in [0.3, 0.4) is 0 Å². The number of nitrogens with zero attached hydrogens (tertiary/aromatic N) is 4. The number of para-hydroxylation sites is 2. The van der Waals surface area contributed by atoms with Crippen LogP contribution in [0.4, 0.5) is 0 Å². The first-order chi connectivity index (χ1) is 16.6. The maximum absolute atomic E-state index is 12.7. The molecule has 3 aromatic heterocycles. The number of H-pyrrole nitrogens is 1. The Bertz CT molecular complexity index is 1590. The Labute approximate surface area is 193 Å². The Balaban J connectivity index is 1.40. The molecule has 168 valence electrons. The number of pyridine rings is 1.